The number of esters is 1. The molecule has 112 valence electrons. The summed E-state index contributed by atoms with van der Waals surface area (Å²) in [5, 5.41) is 0. The molecule has 0 fully saturated rings. The summed E-state index contributed by atoms with van der Waals surface area (Å²) in [6.45, 7) is 8.82. The van der Waals surface area contributed by atoms with Crippen molar-refractivity contribution in [2.75, 3.05) is 18.1 Å². The van der Waals surface area contributed by atoms with Crippen LogP contribution in [0.15, 0.2) is 24.3 Å². The normalized spacial score (nSPS) is 13.1. The number of nitrogens with two attached hydrogens (primary N) is 1. The summed E-state index contributed by atoms with van der Waals surface area (Å²) in [7, 11) is 0. The fraction of sp³-hybridized carbons (Fsp3) is 0.562. The molecule has 0 aliphatic heterocycles. The molecule has 0 aliphatic carbocycles. The second kappa shape index (κ2) is 7.70. The lowest BCUT2D eigenvalue weighted by atomic mass is 9.86. The van der Waals surface area contributed by atoms with Gasteiger partial charge in [0.1, 0.15) is 0 Å². The van der Waals surface area contributed by atoms with E-state index in [0.29, 0.717) is 18.1 Å². The van der Waals surface area contributed by atoms with Crippen LogP contribution >= 0.6 is 11.8 Å². The minimum Gasteiger partial charge on any atom is -0.465 e. The Balaban J connectivity index is 2.48. The van der Waals surface area contributed by atoms with Crippen molar-refractivity contribution >= 4 is 17.7 Å². The minimum atomic E-state index is -0.173. The molecule has 1 unspecified atom stereocenters. The highest BCUT2D eigenvalue weighted by molar-refractivity contribution is 7.99. The summed E-state index contributed by atoms with van der Waals surface area (Å²) in [6.07, 6.45) is 0. The zero-order chi connectivity index (χ0) is 15.2. The number of carbonyl (C=O) groups is 1. The average Bonchev–Trinajstić information content (AvgIpc) is 2.38. The van der Waals surface area contributed by atoms with Gasteiger partial charge in [0, 0.05) is 11.8 Å². The van der Waals surface area contributed by atoms with Crippen LogP contribution < -0.4 is 5.73 Å². The van der Waals surface area contributed by atoms with Gasteiger partial charge in [-0.25, -0.2) is 0 Å². The second-order valence-corrected chi connectivity index (χ2v) is 6.83. The van der Waals surface area contributed by atoms with Gasteiger partial charge in [-0.3, -0.25) is 4.79 Å². The van der Waals surface area contributed by atoms with Crippen LogP contribution in [0.5, 0.6) is 0 Å². The summed E-state index contributed by atoms with van der Waals surface area (Å²) in [5.41, 5.74) is 8.70. The summed E-state index contributed by atoms with van der Waals surface area (Å²) < 4.78 is 4.88. The summed E-state index contributed by atoms with van der Waals surface area (Å²) in [5.74, 6) is 0.905. The molecule has 1 rings (SSSR count). The Morgan fingerprint density at radius 1 is 1.30 bits per heavy atom. The van der Waals surface area contributed by atoms with Crippen LogP contribution in [-0.2, 0) is 14.9 Å². The van der Waals surface area contributed by atoms with E-state index in [1.807, 2.05) is 6.92 Å². The predicted octanol–water partition coefficient (Wildman–Crippen LogP) is 3.28. The Morgan fingerprint density at radius 3 is 2.40 bits per heavy atom. The van der Waals surface area contributed by atoms with Gasteiger partial charge >= 0.3 is 5.97 Å². The highest BCUT2D eigenvalue weighted by Gasteiger charge is 2.14. The van der Waals surface area contributed by atoms with Crippen LogP contribution in [-0.4, -0.2) is 24.1 Å². The van der Waals surface area contributed by atoms with Crippen molar-refractivity contribution in [2.24, 2.45) is 5.73 Å². The highest BCUT2D eigenvalue weighted by Crippen LogP contribution is 2.24. The van der Waals surface area contributed by atoms with E-state index in [2.05, 4.69) is 45.0 Å². The SMILES string of the molecule is CCOC(=O)CSCC(N)c1ccc(C(C)(C)C)cc1. The minimum absolute atomic E-state index is 0.0524. The van der Waals surface area contributed by atoms with Crippen molar-refractivity contribution in [2.45, 2.75) is 39.2 Å². The Kier molecular flexibility index (Phi) is 6.56. The Hall–Kier alpha value is -1.00. The molecule has 0 aliphatic rings. The number of carbonyl (C=O) groups excluding carboxylic acids is 1. The van der Waals surface area contributed by atoms with Gasteiger partial charge in [-0.1, -0.05) is 45.0 Å². The second-order valence-electron chi connectivity index (χ2n) is 5.80. The molecule has 0 spiro atoms. The van der Waals surface area contributed by atoms with E-state index >= 15 is 0 Å². The highest BCUT2D eigenvalue weighted by atomic mass is 32.2. The molecule has 1 aromatic rings. The molecule has 0 amide bonds. The third kappa shape index (κ3) is 5.55. The van der Waals surface area contributed by atoms with Crippen molar-refractivity contribution in [1.29, 1.82) is 0 Å². The fourth-order valence-electron chi connectivity index (χ4n) is 1.80. The maximum atomic E-state index is 11.2. The molecule has 2 N–H and O–H groups in total. The van der Waals surface area contributed by atoms with Gasteiger partial charge in [-0.05, 0) is 23.5 Å². The van der Waals surface area contributed by atoms with Gasteiger partial charge in [-0.2, -0.15) is 0 Å². The largest absolute Gasteiger partial charge is 0.465 e. The lowest BCUT2D eigenvalue weighted by Crippen LogP contribution is -2.16. The number of ether oxygens (including phenoxy) is 1. The van der Waals surface area contributed by atoms with Gasteiger partial charge in [0.05, 0.1) is 12.4 Å². The van der Waals surface area contributed by atoms with E-state index in [1.54, 1.807) is 0 Å². The van der Waals surface area contributed by atoms with Crippen LogP contribution in [0.3, 0.4) is 0 Å². The van der Waals surface area contributed by atoms with Crippen LogP contribution in [0.1, 0.15) is 44.9 Å². The zero-order valence-corrected chi connectivity index (χ0v) is 13.6. The molecule has 1 atom stereocenters. The molecule has 4 heteroatoms. The van der Waals surface area contributed by atoms with Gasteiger partial charge in [0.25, 0.3) is 0 Å². The van der Waals surface area contributed by atoms with E-state index in [9.17, 15) is 4.79 Å². The number of thioether (sulfide) groups is 1. The molecule has 0 heterocycles. The third-order valence-corrected chi connectivity index (χ3v) is 4.06. The topological polar surface area (TPSA) is 52.3 Å². The quantitative estimate of drug-likeness (QED) is 0.818. The van der Waals surface area contributed by atoms with Gasteiger partial charge < -0.3 is 10.5 Å². The third-order valence-electron chi connectivity index (χ3n) is 3.03. The van der Waals surface area contributed by atoms with E-state index in [-0.39, 0.29) is 17.4 Å². The Bertz CT molecular complexity index is 423. The van der Waals surface area contributed by atoms with Crippen LogP contribution in [0, 0.1) is 0 Å². The van der Waals surface area contributed by atoms with Crippen molar-refractivity contribution in [3.05, 3.63) is 35.4 Å². The number of hydrogen-bond acceptors (Lipinski definition) is 4. The van der Waals surface area contributed by atoms with E-state index in [1.165, 1.54) is 17.3 Å². The molecular formula is C16H25NO2S. The summed E-state index contributed by atoms with van der Waals surface area (Å²) >= 11 is 1.51. The van der Waals surface area contributed by atoms with Crippen LogP contribution in [0.2, 0.25) is 0 Å². The van der Waals surface area contributed by atoms with E-state index in [0.717, 1.165) is 5.56 Å². The molecule has 0 bridgehead atoms. The standard InChI is InChI=1S/C16H25NO2S/c1-5-19-15(18)11-20-10-14(17)12-6-8-13(9-7-12)16(2,3)4/h6-9,14H,5,10-11,17H2,1-4H3. The summed E-state index contributed by atoms with van der Waals surface area (Å²) in [6, 6.07) is 8.37. The van der Waals surface area contributed by atoms with E-state index in [4.69, 9.17) is 10.5 Å². The average molecular weight is 295 g/mol. The Morgan fingerprint density at radius 2 is 1.90 bits per heavy atom. The molecule has 0 aromatic heterocycles. The van der Waals surface area contributed by atoms with Crippen molar-refractivity contribution in [1.82, 2.24) is 0 Å². The van der Waals surface area contributed by atoms with Crippen molar-refractivity contribution < 1.29 is 9.53 Å². The molecule has 3 nitrogen and oxygen atoms in total. The molecule has 1 aromatic carbocycles. The number of benzene rings is 1. The Labute approximate surface area is 126 Å². The van der Waals surface area contributed by atoms with Crippen LogP contribution in [0.4, 0.5) is 0 Å². The van der Waals surface area contributed by atoms with Gasteiger partial charge in [0.2, 0.25) is 0 Å². The number of hydrogen-bond donors (Lipinski definition) is 1. The zero-order valence-electron chi connectivity index (χ0n) is 12.8. The molecule has 0 radical (unpaired) electrons. The first kappa shape index (κ1) is 17.1. The monoisotopic (exact) mass is 295 g/mol. The van der Waals surface area contributed by atoms with Gasteiger partial charge in [-0.15, -0.1) is 11.8 Å². The molecule has 0 saturated heterocycles. The lowest BCUT2D eigenvalue weighted by molar-refractivity contribution is -0.139. The van der Waals surface area contributed by atoms with Crippen molar-refractivity contribution in [3.8, 4) is 0 Å². The molecule has 20 heavy (non-hydrogen) atoms. The maximum Gasteiger partial charge on any atom is 0.315 e. The van der Waals surface area contributed by atoms with Crippen LogP contribution in [0.25, 0.3) is 0 Å². The first-order valence-electron chi connectivity index (χ1n) is 6.94. The van der Waals surface area contributed by atoms with E-state index < -0.39 is 0 Å². The fourth-order valence-corrected chi connectivity index (χ4v) is 2.61. The van der Waals surface area contributed by atoms with Crippen molar-refractivity contribution in [3.63, 3.8) is 0 Å². The summed E-state index contributed by atoms with van der Waals surface area (Å²) in [4.78, 5) is 11.2. The smallest absolute Gasteiger partial charge is 0.315 e. The first-order valence-corrected chi connectivity index (χ1v) is 8.09. The predicted molar refractivity (Wildman–Crippen MR) is 86.0 cm³/mol. The lowest BCUT2D eigenvalue weighted by Gasteiger charge is -2.20. The van der Waals surface area contributed by atoms with Gasteiger partial charge in [0.15, 0.2) is 0 Å². The number of rotatable bonds is 6. The molecule has 0 saturated carbocycles. The first-order chi connectivity index (χ1) is 9.34. The maximum absolute atomic E-state index is 11.2. The molecular weight excluding hydrogens is 270 g/mol.